The maximum absolute atomic E-state index is 12.6. The van der Waals surface area contributed by atoms with Crippen molar-refractivity contribution in [1.29, 1.82) is 0 Å². The predicted molar refractivity (Wildman–Crippen MR) is 101 cm³/mol. The number of likely N-dealkylation sites (tertiary alicyclic amines) is 1. The van der Waals surface area contributed by atoms with E-state index in [-0.39, 0.29) is 6.03 Å². The number of hydrogen-bond donors (Lipinski definition) is 2. The topological polar surface area (TPSA) is 79.9 Å². The zero-order valence-electron chi connectivity index (χ0n) is 16.1. The Bertz CT molecular complexity index is 738. The first-order valence-corrected chi connectivity index (χ1v) is 9.27. The van der Waals surface area contributed by atoms with Crippen LogP contribution >= 0.6 is 0 Å². The number of rotatable bonds is 5. The number of benzene rings is 1. The van der Waals surface area contributed by atoms with Crippen molar-refractivity contribution in [2.24, 2.45) is 5.92 Å². The number of carbonyl (C=O) groups is 2. The number of nitrogens with one attached hydrogen (secondary N) is 2. The predicted octanol–water partition coefficient (Wildman–Crippen LogP) is 2.21. The van der Waals surface area contributed by atoms with Crippen LogP contribution in [-0.2, 0) is 9.53 Å². The van der Waals surface area contributed by atoms with E-state index in [1.165, 1.54) is 7.11 Å². The minimum absolute atomic E-state index is 0.323. The van der Waals surface area contributed by atoms with Crippen LogP contribution in [0.3, 0.4) is 0 Å². The number of amides is 2. The number of methoxy groups -OCH3 is 2. The molecule has 0 saturated carbocycles. The molecule has 2 aliphatic heterocycles. The lowest BCUT2D eigenvalue weighted by Crippen LogP contribution is -2.49. The van der Waals surface area contributed by atoms with Gasteiger partial charge in [0, 0.05) is 12.2 Å². The monoisotopic (exact) mass is 373 g/mol. The van der Waals surface area contributed by atoms with Gasteiger partial charge < -0.3 is 20.1 Å². The summed E-state index contributed by atoms with van der Waals surface area (Å²) in [4.78, 5) is 27.2. The lowest BCUT2D eigenvalue weighted by molar-refractivity contribution is -0.136. The standard InChI is InChI=1S/C20H27N3O4/c1-13-7-9-23(10-8-13)12-16-17(19(24)27-3)18(22-20(25)21-16)14-5-4-6-15(11-14)26-2/h4-6,11,13,18H,7-10,12H2,1-3H3,(H2,21,22,25). The van der Waals surface area contributed by atoms with Gasteiger partial charge in [-0.1, -0.05) is 19.1 Å². The van der Waals surface area contributed by atoms with Gasteiger partial charge >= 0.3 is 12.0 Å². The highest BCUT2D eigenvalue weighted by Gasteiger charge is 2.34. The molecule has 2 aliphatic rings. The van der Waals surface area contributed by atoms with Gasteiger partial charge in [-0.05, 0) is 49.5 Å². The first-order valence-electron chi connectivity index (χ1n) is 9.27. The van der Waals surface area contributed by atoms with Crippen LogP contribution in [-0.4, -0.2) is 50.8 Å². The van der Waals surface area contributed by atoms with Gasteiger partial charge in [0.05, 0.1) is 25.8 Å². The Morgan fingerprint density at radius 1 is 1.26 bits per heavy atom. The molecule has 3 rings (SSSR count). The summed E-state index contributed by atoms with van der Waals surface area (Å²) in [5, 5.41) is 5.67. The smallest absolute Gasteiger partial charge is 0.338 e. The Hall–Kier alpha value is -2.54. The van der Waals surface area contributed by atoms with Gasteiger partial charge in [-0.2, -0.15) is 0 Å². The highest BCUT2D eigenvalue weighted by atomic mass is 16.5. The minimum Gasteiger partial charge on any atom is -0.497 e. The Kier molecular flexibility index (Phi) is 6.01. The maximum Gasteiger partial charge on any atom is 0.338 e. The van der Waals surface area contributed by atoms with Gasteiger partial charge in [0.25, 0.3) is 0 Å². The molecule has 0 radical (unpaired) electrons. The average Bonchev–Trinajstić information content (AvgIpc) is 2.68. The maximum atomic E-state index is 12.6. The van der Waals surface area contributed by atoms with Crippen LogP contribution in [0.4, 0.5) is 4.79 Å². The molecule has 1 saturated heterocycles. The summed E-state index contributed by atoms with van der Waals surface area (Å²) in [6.07, 6.45) is 2.23. The van der Waals surface area contributed by atoms with Gasteiger partial charge in [-0.25, -0.2) is 9.59 Å². The third-order valence-electron chi connectivity index (χ3n) is 5.24. The second kappa shape index (κ2) is 8.43. The zero-order valence-corrected chi connectivity index (χ0v) is 16.1. The van der Waals surface area contributed by atoms with Crippen LogP contribution in [0.15, 0.2) is 35.5 Å². The van der Waals surface area contributed by atoms with E-state index in [2.05, 4.69) is 22.5 Å². The van der Waals surface area contributed by atoms with E-state index in [0.29, 0.717) is 29.5 Å². The molecule has 2 heterocycles. The van der Waals surface area contributed by atoms with Gasteiger partial charge in [0.15, 0.2) is 0 Å². The molecule has 0 spiro atoms. The van der Waals surface area contributed by atoms with Crippen molar-refractivity contribution >= 4 is 12.0 Å². The van der Waals surface area contributed by atoms with Gasteiger partial charge in [0.1, 0.15) is 5.75 Å². The Balaban J connectivity index is 1.95. The van der Waals surface area contributed by atoms with Crippen LogP contribution in [0.25, 0.3) is 0 Å². The first-order chi connectivity index (χ1) is 13.0. The number of ether oxygens (including phenoxy) is 2. The molecule has 1 fully saturated rings. The number of nitrogens with zero attached hydrogens (tertiary/aromatic N) is 1. The highest BCUT2D eigenvalue weighted by Crippen LogP contribution is 2.30. The van der Waals surface area contributed by atoms with Crippen molar-refractivity contribution in [3.8, 4) is 5.75 Å². The minimum atomic E-state index is -0.583. The number of piperidine rings is 1. The van der Waals surface area contributed by atoms with Crippen molar-refractivity contribution in [1.82, 2.24) is 15.5 Å². The van der Waals surface area contributed by atoms with E-state index in [1.807, 2.05) is 24.3 Å². The molecule has 0 bridgehead atoms. The fourth-order valence-electron chi connectivity index (χ4n) is 3.61. The number of carbonyl (C=O) groups excluding carboxylic acids is 2. The molecule has 0 aliphatic carbocycles. The molecule has 0 aromatic heterocycles. The molecule has 1 unspecified atom stereocenters. The van der Waals surface area contributed by atoms with Crippen LogP contribution in [0.1, 0.15) is 31.4 Å². The van der Waals surface area contributed by atoms with Crippen LogP contribution < -0.4 is 15.4 Å². The number of urea groups is 1. The summed E-state index contributed by atoms with van der Waals surface area (Å²) in [6, 6.07) is 6.43. The van der Waals surface area contributed by atoms with Gasteiger partial charge in [-0.15, -0.1) is 0 Å². The van der Waals surface area contributed by atoms with Crippen LogP contribution in [0, 0.1) is 5.92 Å². The molecule has 2 amide bonds. The molecule has 1 aromatic carbocycles. The molecular formula is C20H27N3O4. The molecule has 27 heavy (non-hydrogen) atoms. The molecular weight excluding hydrogens is 346 g/mol. The SMILES string of the molecule is COC(=O)C1=C(CN2CCC(C)CC2)NC(=O)NC1c1cccc(OC)c1. The Morgan fingerprint density at radius 3 is 2.67 bits per heavy atom. The Morgan fingerprint density at radius 2 is 2.00 bits per heavy atom. The summed E-state index contributed by atoms with van der Waals surface area (Å²) in [5.41, 5.74) is 1.81. The summed E-state index contributed by atoms with van der Waals surface area (Å²) in [6.45, 7) is 4.67. The number of hydrogen-bond acceptors (Lipinski definition) is 5. The fraction of sp³-hybridized carbons (Fsp3) is 0.500. The van der Waals surface area contributed by atoms with Crippen molar-refractivity contribution in [3.63, 3.8) is 0 Å². The van der Waals surface area contributed by atoms with E-state index in [0.717, 1.165) is 31.5 Å². The van der Waals surface area contributed by atoms with Crippen molar-refractivity contribution in [3.05, 3.63) is 41.1 Å². The third kappa shape index (κ3) is 4.42. The highest BCUT2D eigenvalue weighted by molar-refractivity contribution is 5.95. The molecule has 1 aromatic rings. The third-order valence-corrected chi connectivity index (χ3v) is 5.24. The second-order valence-electron chi connectivity index (χ2n) is 7.15. The lowest BCUT2D eigenvalue weighted by atomic mass is 9.94. The van der Waals surface area contributed by atoms with E-state index < -0.39 is 12.0 Å². The Labute approximate surface area is 159 Å². The second-order valence-corrected chi connectivity index (χ2v) is 7.15. The van der Waals surface area contributed by atoms with Gasteiger partial charge in [-0.3, -0.25) is 4.90 Å². The zero-order chi connectivity index (χ0) is 19.4. The fourth-order valence-corrected chi connectivity index (χ4v) is 3.61. The largest absolute Gasteiger partial charge is 0.497 e. The summed E-state index contributed by atoms with van der Waals surface area (Å²) >= 11 is 0. The molecule has 2 N–H and O–H groups in total. The van der Waals surface area contributed by atoms with E-state index >= 15 is 0 Å². The molecule has 7 nitrogen and oxygen atoms in total. The van der Waals surface area contributed by atoms with E-state index in [1.54, 1.807) is 7.11 Å². The van der Waals surface area contributed by atoms with Crippen LogP contribution in [0.2, 0.25) is 0 Å². The van der Waals surface area contributed by atoms with Crippen molar-refractivity contribution < 1.29 is 19.1 Å². The van der Waals surface area contributed by atoms with E-state index in [9.17, 15) is 9.59 Å². The summed E-state index contributed by atoms with van der Waals surface area (Å²) in [5.74, 6) is 0.925. The van der Waals surface area contributed by atoms with Crippen molar-refractivity contribution in [2.45, 2.75) is 25.8 Å². The molecule has 1 atom stereocenters. The summed E-state index contributed by atoms with van der Waals surface area (Å²) < 4.78 is 10.3. The lowest BCUT2D eigenvalue weighted by Gasteiger charge is -2.34. The molecule has 7 heteroatoms. The van der Waals surface area contributed by atoms with Crippen LogP contribution in [0.5, 0.6) is 5.75 Å². The first kappa shape index (κ1) is 19.2. The van der Waals surface area contributed by atoms with Crippen molar-refractivity contribution in [2.75, 3.05) is 33.9 Å². The summed E-state index contributed by atoms with van der Waals surface area (Å²) in [7, 11) is 2.94. The molecule has 146 valence electrons. The normalized spacial score (nSPS) is 21.4. The van der Waals surface area contributed by atoms with E-state index in [4.69, 9.17) is 9.47 Å². The number of esters is 1. The average molecular weight is 373 g/mol. The van der Waals surface area contributed by atoms with Gasteiger partial charge in [0.2, 0.25) is 0 Å². The quantitative estimate of drug-likeness (QED) is 0.774.